The largest absolute Gasteiger partial charge is 0.390 e. The van der Waals surface area contributed by atoms with Crippen molar-refractivity contribution in [2.24, 2.45) is 0 Å². The van der Waals surface area contributed by atoms with Gasteiger partial charge in [-0.15, -0.1) is 0 Å². The van der Waals surface area contributed by atoms with E-state index in [0.29, 0.717) is 13.0 Å². The molecule has 3 nitrogen and oxygen atoms in total. The van der Waals surface area contributed by atoms with Crippen LogP contribution in [0.3, 0.4) is 0 Å². The molecule has 0 saturated carbocycles. The van der Waals surface area contributed by atoms with Crippen LogP contribution in [0.2, 0.25) is 0 Å². The number of rotatable bonds is 10. The van der Waals surface area contributed by atoms with E-state index in [2.05, 4.69) is 25.7 Å². The molecule has 0 aliphatic carbocycles. The van der Waals surface area contributed by atoms with Crippen molar-refractivity contribution in [3.8, 4) is 0 Å². The van der Waals surface area contributed by atoms with Crippen LogP contribution in [0.15, 0.2) is 0 Å². The summed E-state index contributed by atoms with van der Waals surface area (Å²) in [6.45, 7) is 8.99. The van der Waals surface area contributed by atoms with E-state index in [1.54, 1.807) is 0 Å². The third kappa shape index (κ3) is 7.20. The van der Waals surface area contributed by atoms with Gasteiger partial charge in [0.25, 0.3) is 0 Å². The van der Waals surface area contributed by atoms with E-state index >= 15 is 0 Å². The second-order valence-electron chi connectivity index (χ2n) is 4.58. The van der Waals surface area contributed by atoms with Crippen LogP contribution in [0.5, 0.6) is 0 Å². The molecular formula is C13H29NO2. The highest BCUT2D eigenvalue weighted by Gasteiger charge is 2.18. The van der Waals surface area contributed by atoms with E-state index < -0.39 is 12.2 Å². The molecule has 0 amide bonds. The molecule has 0 heterocycles. The average Bonchev–Trinajstić information content (AvgIpc) is 2.26. The van der Waals surface area contributed by atoms with Gasteiger partial charge >= 0.3 is 0 Å². The lowest BCUT2D eigenvalue weighted by atomic mass is 10.1. The molecule has 2 N–H and O–H groups in total. The summed E-state index contributed by atoms with van der Waals surface area (Å²) in [6.07, 6.45) is 3.80. The van der Waals surface area contributed by atoms with E-state index in [1.807, 2.05) is 0 Å². The molecule has 2 atom stereocenters. The SMILES string of the molecule is CCCCC(O)C(O)CN(CCC)CCC. The molecule has 0 saturated heterocycles. The zero-order valence-electron chi connectivity index (χ0n) is 11.2. The van der Waals surface area contributed by atoms with Crippen molar-refractivity contribution < 1.29 is 10.2 Å². The van der Waals surface area contributed by atoms with Crippen molar-refractivity contribution in [2.45, 2.75) is 65.1 Å². The monoisotopic (exact) mass is 231 g/mol. The fraction of sp³-hybridized carbons (Fsp3) is 1.00. The standard InChI is InChI=1S/C13H29NO2/c1-4-7-8-12(15)13(16)11-14(9-5-2)10-6-3/h12-13,15-16H,4-11H2,1-3H3. The molecule has 0 spiro atoms. The van der Waals surface area contributed by atoms with Crippen LogP contribution in [-0.2, 0) is 0 Å². The summed E-state index contributed by atoms with van der Waals surface area (Å²) in [5, 5.41) is 19.6. The number of hydrogen-bond donors (Lipinski definition) is 2. The molecule has 0 aliphatic heterocycles. The third-order valence-corrected chi connectivity index (χ3v) is 2.82. The summed E-state index contributed by atoms with van der Waals surface area (Å²) in [6, 6.07) is 0. The Kier molecular flexibility index (Phi) is 9.99. The van der Waals surface area contributed by atoms with E-state index in [1.165, 1.54) is 0 Å². The first-order valence-electron chi connectivity index (χ1n) is 6.74. The number of aliphatic hydroxyl groups is 2. The van der Waals surface area contributed by atoms with Crippen LogP contribution in [0, 0.1) is 0 Å². The molecule has 2 unspecified atom stereocenters. The van der Waals surface area contributed by atoms with Gasteiger partial charge in [0, 0.05) is 6.54 Å². The molecule has 0 rings (SSSR count). The van der Waals surface area contributed by atoms with E-state index in [-0.39, 0.29) is 0 Å². The third-order valence-electron chi connectivity index (χ3n) is 2.82. The highest BCUT2D eigenvalue weighted by Crippen LogP contribution is 2.07. The second kappa shape index (κ2) is 10.1. The lowest BCUT2D eigenvalue weighted by Gasteiger charge is -2.26. The van der Waals surface area contributed by atoms with Gasteiger partial charge in [-0.1, -0.05) is 33.6 Å². The minimum atomic E-state index is -0.593. The number of hydrogen-bond acceptors (Lipinski definition) is 3. The lowest BCUT2D eigenvalue weighted by molar-refractivity contribution is -0.00725. The highest BCUT2D eigenvalue weighted by molar-refractivity contribution is 4.71. The van der Waals surface area contributed by atoms with Gasteiger partial charge in [0.1, 0.15) is 0 Å². The highest BCUT2D eigenvalue weighted by atomic mass is 16.3. The summed E-state index contributed by atoms with van der Waals surface area (Å²) >= 11 is 0. The van der Waals surface area contributed by atoms with Gasteiger partial charge in [0.2, 0.25) is 0 Å². The first kappa shape index (κ1) is 15.9. The van der Waals surface area contributed by atoms with Gasteiger partial charge in [0.15, 0.2) is 0 Å². The Hall–Kier alpha value is -0.120. The molecule has 3 heteroatoms. The molecular weight excluding hydrogens is 202 g/mol. The molecule has 98 valence electrons. The first-order valence-corrected chi connectivity index (χ1v) is 6.74. The maximum atomic E-state index is 9.88. The summed E-state index contributed by atoms with van der Waals surface area (Å²) < 4.78 is 0. The molecule has 0 aromatic carbocycles. The maximum Gasteiger partial charge on any atom is 0.0925 e. The van der Waals surface area contributed by atoms with Crippen molar-refractivity contribution in [3.63, 3.8) is 0 Å². The van der Waals surface area contributed by atoms with Gasteiger partial charge in [-0.3, -0.25) is 0 Å². The molecule has 0 aromatic heterocycles. The van der Waals surface area contributed by atoms with Crippen LogP contribution in [0.4, 0.5) is 0 Å². The lowest BCUT2D eigenvalue weighted by Crippen LogP contribution is -2.40. The maximum absolute atomic E-state index is 9.88. The topological polar surface area (TPSA) is 43.7 Å². The second-order valence-corrected chi connectivity index (χ2v) is 4.58. The van der Waals surface area contributed by atoms with Gasteiger partial charge in [-0.2, -0.15) is 0 Å². The molecule has 0 bridgehead atoms. The predicted molar refractivity (Wildman–Crippen MR) is 68.6 cm³/mol. The Morgan fingerprint density at radius 1 is 0.875 bits per heavy atom. The van der Waals surface area contributed by atoms with Crippen LogP contribution in [-0.4, -0.2) is 47.0 Å². The van der Waals surface area contributed by atoms with E-state index in [4.69, 9.17) is 0 Å². The van der Waals surface area contributed by atoms with Gasteiger partial charge in [-0.25, -0.2) is 0 Å². The molecule has 16 heavy (non-hydrogen) atoms. The molecule has 0 aromatic rings. The van der Waals surface area contributed by atoms with Crippen molar-refractivity contribution in [1.82, 2.24) is 4.90 Å². The number of nitrogens with zero attached hydrogens (tertiary/aromatic N) is 1. The smallest absolute Gasteiger partial charge is 0.0925 e. The predicted octanol–water partition coefficient (Wildman–Crippen LogP) is 2.02. The quantitative estimate of drug-likeness (QED) is 0.604. The fourth-order valence-corrected chi connectivity index (χ4v) is 1.92. The van der Waals surface area contributed by atoms with E-state index in [0.717, 1.165) is 38.8 Å². The summed E-state index contributed by atoms with van der Waals surface area (Å²) in [7, 11) is 0. The Morgan fingerprint density at radius 3 is 1.88 bits per heavy atom. The zero-order valence-corrected chi connectivity index (χ0v) is 11.2. The van der Waals surface area contributed by atoms with Crippen LogP contribution >= 0.6 is 0 Å². The summed E-state index contributed by atoms with van der Waals surface area (Å²) in [4.78, 5) is 2.24. The van der Waals surface area contributed by atoms with Crippen molar-refractivity contribution in [2.75, 3.05) is 19.6 Å². The number of unbranched alkanes of at least 4 members (excludes halogenated alkanes) is 1. The first-order chi connectivity index (χ1) is 7.65. The Morgan fingerprint density at radius 2 is 1.44 bits per heavy atom. The van der Waals surface area contributed by atoms with Crippen molar-refractivity contribution in [1.29, 1.82) is 0 Å². The number of aliphatic hydroxyl groups excluding tert-OH is 2. The normalized spacial score (nSPS) is 15.4. The van der Waals surface area contributed by atoms with Gasteiger partial charge in [-0.05, 0) is 32.4 Å². The average molecular weight is 231 g/mol. The van der Waals surface area contributed by atoms with Crippen molar-refractivity contribution in [3.05, 3.63) is 0 Å². The zero-order chi connectivity index (χ0) is 12.4. The van der Waals surface area contributed by atoms with Crippen LogP contribution in [0.25, 0.3) is 0 Å². The molecule has 0 radical (unpaired) electrons. The van der Waals surface area contributed by atoms with Gasteiger partial charge < -0.3 is 15.1 Å². The Labute approximate surface area is 100 Å². The summed E-state index contributed by atoms with van der Waals surface area (Å²) in [5.41, 5.74) is 0. The van der Waals surface area contributed by atoms with Crippen LogP contribution < -0.4 is 0 Å². The fourth-order valence-electron chi connectivity index (χ4n) is 1.92. The van der Waals surface area contributed by atoms with E-state index in [9.17, 15) is 10.2 Å². The van der Waals surface area contributed by atoms with Gasteiger partial charge in [0.05, 0.1) is 12.2 Å². The minimum Gasteiger partial charge on any atom is -0.390 e. The Balaban J connectivity index is 3.90. The van der Waals surface area contributed by atoms with Crippen molar-refractivity contribution >= 4 is 0 Å². The van der Waals surface area contributed by atoms with Crippen LogP contribution in [0.1, 0.15) is 52.9 Å². The molecule has 0 fully saturated rings. The summed E-state index contributed by atoms with van der Waals surface area (Å²) in [5.74, 6) is 0. The minimum absolute atomic E-state index is 0.559. The Bertz CT molecular complexity index is 147. The molecule has 0 aliphatic rings.